The highest BCUT2D eigenvalue weighted by atomic mass is 35.5. The lowest BCUT2D eigenvalue weighted by molar-refractivity contribution is 0.796. The first kappa shape index (κ1) is 8.99. The Balaban J connectivity index is 2.24. The van der Waals surface area contributed by atoms with Crippen molar-refractivity contribution in [3.8, 4) is 0 Å². The standard InChI is InChI=1S/C8H6ClNOS2/c9-7-2-1-6(13-7)5-10-3-4-12-8(10)11/h1-4H,5H2. The van der Waals surface area contributed by atoms with Gasteiger partial charge in [-0.15, -0.1) is 11.3 Å². The molecule has 0 aliphatic heterocycles. The van der Waals surface area contributed by atoms with Crippen molar-refractivity contribution in [2.45, 2.75) is 6.54 Å². The minimum absolute atomic E-state index is 0.0736. The van der Waals surface area contributed by atoms with Gasteiger partial charge in [0.05, 0.1) is 10.9 Å². The second kappa shape index (κ2) is 3.65. The fourth-order valence-electron chi connectivity index (χ4n) is 1.01. The predicted octanol–water partition coefficient (Wildman–Crippen LogP) is 2.67. The van der Waals surface area contributed by atoms with Crippen LogP contribution in [0.5, 0.6) is 0 Å². The third kappa shape index (κ3) is 2.02. The second-order valence-corrected chi connectivity index (χ2v) is 5.16. The minimum Gasteiger partial charge on any atom is -0.301 e. The monoisotopic (exact) mass is 231 g/mol. The molecule has 0 saturated carbocycles. The van der Waals surface area contributed by atoms with Gasteiger partial charge < -0.3 is 4.57 Å². The fourth-order valence-corrected chi connectivity index (χ4v) is 2.68. The third-order valence-electron chi connectivity index (χ3n) is 1.60. The Labute approximate surface area is 88.0 Å². The quantitative estimate of drug-likeness (QED) is 0.779. The molecule has 2 rings (SSSR count). The first-order valence-electron chi connectivity index (χ1n) is 3.64. The summed E-state index contributed by atoms with van der Waals surface area (Å²) in [5.41, 5.74) is 0. The van der Waals surface area contributed by atoms with Crippen molar-refractivity contribution in [2.75, 3.05) is 0 Å². The molecular formula is C8H6ClNOS2. The topological polar surface area (TPSA) is 22.0 Å². The van der Waals surface area contributed by atoms with E-state index in [0.29, 0.717) is 6.54 Å². The average Bonchev–Trinajstić information content (AvgIpc) is 2.64. The van der Waals surface area contributed by atoms with Crippen molar-refractivity contribution in [3.63, 3.8) is 0 Å². The van der Waals surface area contributed by atoms with E-state index in [-0.39, 0.29) is 4.87 Å². The van der Waals surface area contributed by atoms with Crippen LogP contribution in [0.1, 0.15) is 4.88 Å². The molecule has 0 spiro atoms. The van der Waals surface area contributed by atoms with Gasteiger partial charge in [0.25, 0.3) is 0 Å². The Morgan fingerprint density at radius 3 is 2.85 bits per heavy atom. The molecule has 0 saturated heterocycles. The van der Waals surface area contributed by atoms with Crippen LogP contribution in [0.4, 0.5) is 0 Å². The van der Waals surface area contributed by atoms with E-state index in [0.717, 1.165) is 9.21 Å². The SMILES string of the molecule is O=c1sccn1Cc1ccc(Cl)s1. The lowest BCUT2D eigenvalue weighted by atomic mass is 10.5. The van der Waals surface area contributed by atoms with E-state index in [1.165, 1.54) is 22.7 Å². The van der Waals surface area contributed by atoms with Crippen molar-refractivity contribution in [3.05, 3.63) is 42.6 Å². The molecule has 0 radical (unpaired) electrons. The highest BCUT2D eigenvalue weighted by Gasteiger charge is 2.00. The lowest BCUT2D eigenvalue weighted by Gasteiger charge is -1.95. The number of rotatable bonds is 2. The molecular weight excluding hydrogens is 226 g/mol. The summed E-state index contributed by atoms with van der Waals surface area (Å²) >= 11 is 8.49. The van der Waals surface area contributed by atoms with Crippen LogP contribution in [-0.4, -0.2) is 4.57 Å². The zero-order valence-corrected chi connectivity index (χ0v) is 8.96. The zero-order valence-electron chi connectivity index (χ0n) is 6.57. The van der Waals surface area contributed by atoms with Gasteiger partial charge in [0.1, 0.15) is 0 Å². The largest absolute Gasteiger partial charge is 0.307 e. The van der Waals surface area contributed by atoms with E-state index in [4.69, 9.17) is 11.6 Å². The molecule has 0 atom stereocenters. The summed E-state index contributed by atoms with van der Waals surface area (Å²) in [6, 6.07) is 3.79. The van der Waals surface area contributed by atoms with E-state index in [2.05, 4.69) is 0 Å². The third-order valence-corrected chi connectivity index (χ3v) is 3.51. The molecule has 2 aromatic heterocycles. The number of thiophene rings is 1. The number of halogens is 1. The van der Waals surface area contributed by atoms with Crippen LogP contribution in [-0.2, 0) is 6.54 Å². The van der Waals surface area contributed by atoms with Gasteiger partial charge in [0, 0.05) is 16.5 Å². The molecule has 0 N–H and O–H groups in total. The van der Waals surface area contributed by atoms with Gasteiger partial charge in [0.15, 0.2) is 0 Å². The normalized spacial score (nSPS) is 10.5. The Hall–Kier alpha value is -0.580. The van der Waals surface area contributed by atoms with Crippen LogP contribution in [0, 0.1) is 0 Å². The van der Waals surface area contributed by atoms with Crippen LogP contribution in [0.25, 0.3) is 0 Å². The molecule has 13 heavy (non-hydrogen) atoms. The predicted molar refractivity (Wildman–Crippen MR) is 57.0 cm³/mol. The summed E-state index contributed by atoms with van der Waals surface area (Å²) in [6.07, 6.45) is 1.79. The molecule has 2 heterocycles. The maximum absolute atomic E-state index is 11.2. The second-order valence-electron chi connectivity index (χ2n) is 2.50. The van der Waals surface area contributed by atoms with Crippen LogP contribution in [0.2, 0.25) is 4.34 Å². The fraction of sp³-hybridized carbons (Fsp3) is 0.125. The molecule has 2 aromatic rings. The molecule has 0 aromatic carbocycles. The van der Waals surface area contributed by atoms with Crippen molar-refractivity contribution >= 4 is 34.3 Å². The van der Waals surface area contributed by atoms with Gasteiger partial charge in [-0.05, 0) is 12.1 Å². The van der Waals surface area contributed by atoms with Gasteiger partial charge >= 0.3 is 4.87 Å². The van der Waals surface area contributed by atoms with Gasteiger partial charge in [-0.25, -0.2) is 0 Å². The number of thiazole rings is 1. The Morgan fingerprint density at radius 2 is 2.31 bits per heavy atom. The van der Waals surface area contributed by atoms with Gasteiger partial charge in [-0.3, -0.25) is 4.79 Å². The van der Waals surface area contributed by atoms with Crippen LogP contribution in [0.3, 0.4) is 0 Å². The summed E-state index contributed by atoms with van der Waals surface area (Å²) in [4.78, 5) is 12.4. The first-order valence-corrected chi connectivity index (χ1v) is 5.71. The molecule has 0 bridgehead atoms. The van der Waals surface area contributed by atoms with E-state index in [9.17, 15) is 4.79 Å². The van der Waals surface area contributed by atoms with Crippen molar-refractivity contribution < 1.29 is 0 Å². The minimum atomic E-state index is 0.0736. The summed E-state index contributed by atoms with van der Waals surface area (Å²) < 4.78 is 2.44. The van der Waals surface area contributed by atoms with Gasteiger partial charge in [0.2, 0.25) is 0 Å². The Morgan fingerprint density at radius 1 is 1.46 bits per heavy atom. The maximum atomic E-state index is 11.2. The van der Waals surface area contributed by atoms with Crippen LogP contribution >= 0.6 is 34.3 Å². The average molecular weight is 232 g/mol. The van der Waals surface area contributed by atoms with Crippen molar-refractivity contribution in [1.29, 1.82) is 0 Å². The molecule has 0 aliphatic carbocycles. The molecule has 0 amide bonds. The molecule has 2 nitrogen and oxygen atoms in total. The van der Waals surface area contributed by atoms with E-state index in [1.807, 2.05) is 12.1 Å². The number of aromatic nitrogens is 1. The number of hydrogen-bond donors (Lipinski definition) is 0. The highest BCUT2D eigenvalue weighted by molar-refractivity contribution is 7.16. The first-order chi connectivity index (χ1) is 6.25. The van der Waals surface area contributed by atoms with Crippen LogP contribution in [0.15, 0.2) is 28.5 Å². The zero-order chi connectivity index (χ0) is 9.26. The Bertz CT molecular complexity index is 456. The van der Waals surface area contributed by atoms with Crippen molar-refractivity contribution in [2.24, 2.45) is 0 Å². The number of hydrogen-bond acceptors (Lipinski definition) is 3. The summed E-state index contributed by atoms with van der Waals surface area (Å²) in [6.45, 7) is 0.625. The molecule has 0 unspecified atom stereocenters. The lowest BCUT2D eigenvalue weighted by Crippen LogP contribution is -2.11. The highest BCUT2D eigenvalue weighted by Crippen LogP contribution is 2.21. The van der Waals surface area contributed by atoms with Crippen LogP contribution < -0.4 is 4.87 Å². The maximum Gasteiger partial charge on any atom is 0.307 e. The van der Waals surface area contributed by atoms with Gasteiger partial charge in [-0.1, -0.05) is 22.9 Å². The summed E-state index contributed by atoms with van der Waals surface area (Å²) in [5, 5.41) is 1.79. The smallest absolute Gasteiger partial charge is 0.301 e. The number of nitrogens with zero attached hydrogens (tertiary/aromatic N) is 1. The van der Waals surface area contributed by atoms with Gasteiger partial charge in [-0.2, -0.15) is 0 Å². The molecule has 68 valence electrons. The van der Waals surface area contributed by atoms with E-state index < -0.39 is 0 Å². The summed E-state index contributed by atoms with van der Waals surface area (Å²) in [7, 11) is 0. The molecule has 0 aliphatic rings. The summed E-state index contributed by atoms with van der Waals surface area (Å²) in [5.74, 6) is 0. The van der Waals surface area contributed by atoms with E-state index in [1.54, 1.807) is 16.1 Å². The van der Waals surface area contributed by atoms with E-state index >= 15 is 0 Å². The Kier molecular flexibility index (Phi) is 2.53. The molecule has 0 fully saturated rings. The molecule has 5 heteroatoms. The van der Waals surface area contributed by atoms with Crippen molar-refractivity contribution in [1.82, 2.24) is 4.57 Å².